The number of allylic oxidation sites excluding steroid dienone is 1. The van der Waals surface area contributed by atoms with E-state index in [1.807, 2.05) is 6.07 Å². The smallest absolute Gasteiger partial charge is 0.173 e. The maximum Gasteiger partial charge on any atom is 0.173 e. The molecule has 3 aliphatic rings. The van der Waals surface area contributed by atoms with Gasteiger partial charge in [-0.05, 0) is 60.6 Å². The molecule has 5 atom stereocenters. The highest BCUT2D eigenvalue weighted by molar-refractivity contribution is 6.26. The summed E-state index contributed by atoms with van der Waals surface area (Å²) in [6.07, 6.45) is 1.79. The maximum atomic E-state index is 13.8. The van der Waals surface area contributed by atoms with Crippen LogP contribution >= 0.6 is 0 Å². The van der Waals surface area contributed by atoms with Crippen molar-refractivity contribution < 1.29 is 19.0 Å². The van der Waals surface area contributed by atoms with Gasteiger partial charge in [-0.2, -0.15) is 0 Å². The fraction of sp³-hybridized carbons (Fsp3) is 0.423. The van der Waals surface area contributed by atoms with Crippen molar-refractivity contribution in [2.24, 2.45) is 11.8 Å². The standard InChI is InChI=1S/C26H27FO3/c1-4-14-9-13(3)10-15(5-2)20(14)22-24(28)21-19-12-18(16-7-6-8-17(27)11-16)26(30-19)23(21)25(22)29/h6-11,18-19,21,23,26,29H,4-5,12H2,1-3H3/t18?,19-,21-,23+,26+/m0/s1. The van der Waals surface area contributed by atoms with Crippen LogP contribution in [0.3, 0.4) is 0 Å². The summed E-state index contributed by atoms with van der Waals surface area (Å²) in [4.78, 5) is 13.5. The van der Waals surface area contributed by atoms with Crippen LogP contribution in [-0.4, -0.2) is 23.1 Å². The number of rotatable bonds is 4. The number of Topliss-reactive ketones (excluding diaryl/α,β-unsaturated/α-hetero) is 1. The minimum absolute atomic E-state index is 0.00411. The van der Waals surface area contributed by atoms with Crippen LogP contribution in [0.1, 0.15) is 54.0 Å². The number of ketones is 1. The highest BCUT2D eigenvalue weighted by Crippen LogP contribution is 2.58. The summed E-state index contributed by atoms with van der Waals surface area (Å²) in [6.45, 7) is 6.24. The SMILES string of the molecule is CCc1cc(C)cc(CC)c1C1=C(O)[C@H]2[C@@H](C1=O)[C@@H]1CC(c3cccc(F)c3)[C@H]2O1. The van der Waals surface area contributed by atoms with E-state index in [9.17, 15) is 14.3 Å². The molecule has 30 heavy (non-hydrogen) atoms. The average molecular weight is 406 g/mol. The van der Waals surface area contributed by atoms with Crippen LogP contribution in [0.25, 0.3) is 5.57 Å². The molecule has 0 aromatic heterocycles. The topological polar surface area (TPSA) is 46.5 Å². The van der Waals surface area contributed by atoms with Gasteiger partial charge in [0.15, 0.2) is 5.78 Å². The minimum atomic E-state index is -0.338. The van der Waals surface area contributed by atoms with Crippen molar-refractivity contribution in [1.29, 1.82) is 0 Å². The molecule has 5 rings (SSSR count). The number of fused-ring (bicyclic) bond motifs is 5. The number of ether oxygens (including phenoxy) is 1. The average Bonchev–Trinajstić information content (AvgIpc) is 3.39. The Balaban J connectivity index is 1.60. The molecule has 1 aliphatic carbocycles. The van der Waals surface area contributed by atoms with Crippen LogP contribution < -0.4 is 0 Å². The van der Waals surface area contributed by atoms with Crippen molar-refractivity contribution >= 4 is 11.4 Å². The molecule has 3 nitrogen and oxygen atoms in total. The van der Waals surface area contributed by atoms with Gasteiger partial charge in [-0.3, -0.25) is 4.79 Å². The van der Waals surface area contributed by atoms with Gasteiger partial charge in [0.25, 0.3) is 0 Å². The summed E-state index contributed by atoms with van der Waals surface area (Å²) >= 11 is 0. The van der Waals surface area contributed by atoms with E-state index in [-0.39, 0.29) is 47.3 Å². The van der Waals surface area contributed by atoms with Gasteiger partial charge in [-0.1, -0.05) is 43.7 Å². The van der Waals surface area contributed by atoms with E-state index < -0.39 is 0 Å². The van der Waals surface area contributed by atoms with Crippen LogP contribution in [0, 0.1) is 24.6 Å². The van der Waals surface area contributed by atoms with Gasteiger partial charge in [0.05, 0.1) is 29.6 Å². The number of aliphatic hydroxyl groups is 1. The van der Waals surface area contributed by atoms with Gasteiger partial charge in [-0.25, -0.2) is 4.39 Å². The second-order valence-electron chi connectivity index (χ2n) is 8.88. The Hall–Kier alpha value is -2.46. The zero-order valence-corrected chi connectivity index (χ0v) is 17.6. The van der Waals surface area contributed by atoms with E-state index in [1.54, 1.807) is 12.1 Å². The van der Waals surface area contributed by atoms with E-state index in [1.165, 1.54) is 11.6 Å². The summed E-state index contributed by atoms with van der Waals surface area (Å²) in [5.41, 5.74) is 5.69. The monoisotopic (exact) mass is 406 g/mol. The Morgan fingerprint density at radius 2 is 1.80 bits per heavy atom. The Kier molecular flexibility index (Phi) is 4.59. The first-order valence-electron chi connectivity index (χ1n) is 11.0. The lowest BCUT2D eigenvalue weighted by atomic mass is 9.72. The number of hydrogen-bond acceptors (Lipinski definition) is 3. The zero-order chi connectivity index (χ0) is 21.2. The second-order valence-corrected chi connectivity index (χ2v) is 8.88. The summed E-state index contributed by atoms with van der Waals surface area (Å²) in [5, 5.41) is 11.3. The molecule has 2 aromatic rings. The molecule has 1 N–H and O–H groups in total. The molecule has 2 heterocycles. The molecule has 0 spiro atoms. The third kappa shape index (κ3) is 2.70. The van der Waals surface area contributed by atoms with Gasteiger partial charge >= 0.3 is 0 Å². The number of carbonyl (C=O) groups excluding carboxylic acids is 1. The van der Waals surface area contributed by atoms with Crippen LogP contribution in [0.2, 0.25) is 0 Å². The maximum absolute atomic E-state index is 13.8. The predicted octanol–water partition coefficient (Wildman–Crippen LogP) is 5.30. The normalized spacial score (nSPS) is 29.7. The molecule has 1 unspecified atom stereocenters. The highest BCUT2D eigenvalue weighted by atomic mass is 19.1. The second kappa shape index (κ2) is 7.05. The number of aryl methyl sites for hydroxylation is 3. The molecule has 4 heteroatoms. The van der Waals surface area contributed by atoms with Gasteiger partial charge < -0.3 is 9.84 Å². The van der Waals surface area contributed by atoms with Crippen molar-refractivity contribution in [3.63, 3.8) is 0 Å². The molecule has 2 aliphatic heterocycles. The molecule has 0 radical (unpaired) electrons. The molecular weight excluding hydrogens is 379 g/mol. The Morgan fingerprint density at radius 3 is 2.43 bits per heavy atom. The molecule has 2 saturated heterocycles. The number of carbonyl (C=O) groups is 1. The summed E-state index contributed by atoms with van der Waals surface area (Å²) in [5.74, 6) is -0.756. The summed E-state index contributed by atoms with van der Waals surface area (Å²) < 4.78 is 20.0. The van der Waals surface area contributed by atoms with Crippen LogP contribution in [-0.2, 0) is 22.4 Å². The third-order valence-corrected chi connectivity index (χ3v) is 7.21. The van der Waals surface area contributed by atoms with E-state index in [4.69, 9.17) is 4.74 Å². The molecule has 2 aromatic carbocycles. The number of halogens is 1. The molecule has 2 bridgehead atoms. The molecular formula is C26H27FO3. The van der Waals surface area contributed by atoms with Gasteiger partial charge in [0.2, 0.25) is 0 Å². The molecule has 2 fully saturated rings. The number of aliphatic hydroxyl groups excluding tert-OH is 1. The van der Waals surface area contributed by atoms with Crippen molar-refractivity contribution in [2.75, 3.05) is 0 Å². The Bertz CT molecular complexity index is 1040. The van der Waals surface area contributed by atoms with Gasteiger partial charge in [0.1, 0.15) is 11.6 Å². The molecule has 0 amide bonds. The highest BCUT2D eigenvalue weighted by Gasteiger charge is 2.62. The van der Waals surface area contributed by atoms with Crippen molar-refractivity contribution in [2.45, 2.75) is 58.2 Å². The Morgan fingerprint density at radius 1 is 1.10 bits per heavy atom. The summed E-state index contributed by atoms with van der Waals surface area (Å²) in [6, 6.07) is 10.9. The lowest BCUT2D eigenvalue weighted by molar-refractivity contribution is -0.118. The van der Waals surface area contributed by atoms with E-state index in [2.05, 4.69) is 32.9 Å². The molecule has 0 saturated carbocycles. The number of hydrogen-bond donors (Lipinski definition) is 1. The fourth-order valence-corrected chi connectivity index (χ4v) is 5.99. The van der Waals surface area contributed by atoms with Crippen LogP contribution in [0.15, 0.2) is 42.2 Å². The Labute approximate surface area is 176 Å². The first-order valence-corrected chi connectivity index (χ1v) is 11.0. The lowest BCUT2D eigenvalue weighted by Gasteiger charge is -2.27. The van der Waals surface area contributed by atoms with Gasteiger partial charge in [0, 0.05) is 5.92 Å². The van der Waals surface area contributed by atoms with Crippen molar-refractivity contribution in [3.05, 3.63) is 75.8 Å². The minimum Gasteiger partial charge on any atom is -0.511 e. The van der Waals surface area contributed by atoms with Crippen molar-refractivity contribution in [1.82, 2.24) is 0 Å². The van der Waals surface area contributed by atoms with E-state index in [0.717, 1.165) is 35.1 Å². The van der Waals surface area contributed by atoms with Crippen molar-refractivity contribution in [3.8, 4) is 0 Å². The first-order chi connectivity index (χ1) is 14.4. The van der Waals surface area contributed by atoms with Crippen LogP contribution in [0.5, 0.6) is 0 Å². The summed E-state index contributed by atoms with van der Waals surface area (Å²) in [7, 11) is 0. The van der Waals surface area contributed by atoms with E-state index >= 15 is 0 Å². The fourth-order valence-electron chi connectivity index (χ4n) is 5.99. The zero-order valence-electron chi connectivity index (χ0n) is 17.6. The quantitative estimate of drug-likeness (QED) is 0.750. The lowest BCUT2D eigenvalue weighted by Crippen LogP contribution is -2.33. The van der Waals surface area contributed by atoms with Crippen LogP contribution in [0.4, 0.5) is 4.39 Å². The first kappa shape index (κ1) is 19.5. The third-order valence-electron chi connectivity index (χ3n) is 7.21. The number of benzene rings is 2. The molecule has 156 valence electrons. The predicted molar refractivity (Wildman–Crippen MR) is 114 cm³/mol. The van der Waals surface area contributed by atoms with E-state index in [0.29, 0.717) is 12.0 Å². The van der Waals surface area contributed by atoms with Gasteiger partial charge in [-0.15, -0.1) is 0 Å². The largest absolute Gasteiger partial charge is 0.511 e.